The van der Waals surface area contributed by atoms with E-state index in [0.29, 0.717) is 19.3 Å². The van der Waals surface area contributed by atoms with Gasteiger partial charge in [-0.05, 0) is 58.3 Å². The number of ether oxygens (including phenoxy) is 7. The Labute approximate surface area is 473 Å². The van der Waals surface area contributed by atoms with Crippen molar-refractivity contribution in [3.8, 4) is 0 Å². The molecule has 2 heterocycles. The van der Waals surface area contributed by atoms with Gasteiger partial charge in [-0.25, -0.2) is 9.13 Å². The van der Waals surface area contributed by atoms with Crippen LogP contribution in [0.1, 0.15) is 220 Å². The van der Waals surface area contributed by atoms with Crippen LogP contribution < -0.4 is 10.6 Å². The number of aliphatic hydroxyl groups excluding tert-OH is 1. The molecule has 7 N–H and O–H groups in total. The molecule has 0 saturated carbocycles. The Bertz CT molecular complexity index is 1720. The molecule has 2 saturated heterocycles. The fourth-order valence-electron chi connectivity index (χ4n) is 10.0. The molecule has 2 aliphatic rings. The van der Waals surface area contributed by atoms with Crippen molar-refractivity contribution in [2.75, 3.05) is 40.6 Å². The maximum atomic E-state index is 14.0. The number of hydrogen-bond acceptors (Lipinski definition) is 15. The Morgan fingerprint density at radius 2 is 1.04 bits per heavy atom. The molecule has 0 radical (unpaired) electrons. The summed E-state index contributed by atoms with van der Waals surface area (Å²) in [5, 5.41) is 17.5. The Morgan fingerprint density at radius 3 is 1.59 bits per heavy atom. The summed E-state index contributed by atoms with van der Waals surface area (Å²) in [7, 11) is -7.66. The second-order valence-electron chi connectivity index (χ2n) is 21.4. The third-order valence-electron chi connectivity index (χ3n) is 14.3. The molecule has 0 aliphatic carbocycles. The number of hydrogen-bond donors (Lipinski definition) is 7. The van der Waals surface area contributed by atoms with Gasteiger partial charge in [0.1, 0.15) is 54.5 Å². The summed E-state index contributed by atoms with van der Waals surface area (Å²) in [5.41, 5.74) is 0. The van der Waals surface area contributed by atoms with E-state index in [0.717, 1.165) is 135 Å². The molecule has 79 heavy (non-hydrogen) atoms. The number of Topliss-reactive ketones (excluding diaryl/α,β-unsaturated/α-hetero) is 1. The molecular formula is C56H106N2O19P2. The van der Waals surface area contributed by atoms with E-state index in [1.54, 1.807) is 7.11 Å². The van der Waals surface area contributed by atoms with Crippen molar-refractivity contribution in [2.45, 2.75) is 288 Å². The fourth-order valence-corrected chi connectivity index (χ4v) is 11.1. The van der Waals surface area contributed by atoms with Crippen molar-refractivity contribution in [3.63, 3.8) is 0 Å². The van der Waals surface area contributed by atoms with Crippen molar-refractivity contribution in [3.05, 3.63) is 12.2 Å². The lowest BCUT2D eigenvalue weighted by Crippen LogP contribution is -2.67. The summed E-state index contributed by atoms with van der Waals surface area (Å²) in [6, 6.07) is -2.83. The summed E-state index contributed by atoms with van der Waals surface area (Å²) in [4.78, 5) is 79.6. The van der Waals surface area contributed by atoms with Crippen molar-refractivity contribution in [1.29, 1.82) is 0 Å². The molecule has 2 fully saturated rings. The minimum atomic E-state index is -5.36. The summed E-state index contributed by atoms with van der Waals surface area (Å²) in [6.45, 7) is 6.89. The van der Waals surface area contributed by atoms with E-state index in [-0.39, 0.29) is 32.3 Å². The number of methoxy groups -OCH3 is 2. The van der Waals surface area contributed by atoms with Crippen LogP contribution in [0, 0.1) is 0 Å². The van der Waals surface area contributed by atoms with Gasteiger partial charge in [-0.3, -0.25) is 23.4 Å². The number of allylic oxidation sites excluding steroid dienone is 2. The van der Waals surface area contributed by atoms with Gasteiger partial charge in [-0.15, -0.1) is 0 Å². The van der Waals surface area contributed by atoms with Gasteiger partial charge < -0.3 is 68.5 Å². The quantitative estimate of drug-likeness (QED) is 0.0129. The molecule has 0 spiro atoms. The van der Waals surface area contributed by atoms with Gasteiger partial charge in [0.05, 0.1) is 25.7 Å². The zero-order valence-corrected chi connectivity index (χ0v) is 50.7. The number of nitrogens with one attached hydrogen (secondary N) is 2. The second kappa shape index (κ2) is 43.8. The van der Waals surface area contributed by atoms with Crippen LogP contribution in [-0.2, 0) is 65.7 Å². The van der Waals surface area contributed by atoms with E-state index in [1.165, 1.54) is 39.7 Å². The molecule has 0 aromatic rings. The first-order valence-corrected chi connectivity index (χ1v) is 33.0. The molecule has 21 nitrogen and oxygen atoms in total. The predicted molar refractivity (Wildman–Crippen MR) is 301 cm³/mol. The average molecular weight is 1170 g/mol. The number of carbonyl (C=O) groups excluding carboxylic acids is 3. The van der Waals surface area contributed by atoms with E-state index in [2.05, 4.69) is 43.6 Å². The standard InChI is InChI=1S/C56H106N2O19P2/c1-7-10-13-16-18-20-21-22-23-24-25-26-27-30-33-36-47(60)57-50-54(72-39-37-44(70-6)35-32-29-15-12-9-3)52(76-78(63,64)65)46(41-69-5)75-55(50)73-42-45-51(62)53(71-38-34-31-28-19-17-14-11-8-2)49(58-48(61)40-43(4)59)56(74-45)77-79(66,67)68/h20-21,44-46,49-56,62H,7-19,22-42H2,1-6H3,(H,57,60)(H,58,61)(H2,63,64,65)(H2,66,67,68)/b21-20-/t44-,45-,46?,49-,50-,51-,52?,53-,54-,55?,56-/m1/s1. The fraction of sp³-hybridized carbons (Fsp3) is 0.911. The molecule has 2 amide bonds. The third-order valence-corrected chi connectivity index (χ3v) is 15.3. The SMILES string of the molecule is CCCCCC/C=C\CCCCCCCCCC(=O)N[C@H]1C(OC[C@H]2O[C@H](OP(=O)(O)O)[C@H](NC(=O)CC(C)=O)[C@@H](OCCCCCCCCCC)[C@@H]2O)OC(COC)C(OP(=O)(O)O)[C@@H]1OCC[C@@H](CCCCCCC)OC. The Balaban J connectivity index is 2.43. The molecule has 0 bridgehead atoms. The van der Waals surface area contributed by atoms with E-state index in [9.17, 15) is 48.2 Å². The molecule has 0 aromatic carbocycles. The van der Waals surface area contributed by atoms with E-state index >= 15 is 0 Å². The molecule has 3 unspecified atom stereocenters. The number of amides is 2. The summed E-state index contributed by atoms with van der Waals surface area (Å²) in [6.07, 6.45) is 19.9. The van der Waals surface area contributed by atoms with Crippen molar-refractivity contribution >= 4 is 33.2 Å². The van der Waals surface area contributed by atoms with Gasteiger partial charge >= 0.3 is 15.6 Å². The topological polar surface area (TPSA) is 294 Å². The monoisotopic (exact) mass is 1170 g/mol. The number of aliphatic hydroxyl groups is 1. The molecule has 11 atom stereocenters. The minimum Gasteiger partial charge on any atom is -0.388 e. The van der Waals surface area contributed by atoms with Crippen molar-refractivity contribution in [1.82, 2.24) is 10.6 Å². The van der Waals surface area contributed by atoms with Gasteiger partial charge in [0.25, 0.3) is 0 Å². The van der Waals surface area contributed by atoms with Gasteiger partial charge in [-0.1, -0.05) is 161 Å². The Morgan fingerprint density at radius 1 is 0.544 bits per heavy atom. The van der Waals surface area contributed by atoms with Crippen LogP contribution in [0.4, 0.5) is 0 Å². The third kappa shape index (κ3) is 34.0. The van der Waals surface area contributed by atoms with E-state index in [4.69, 9.17) is 42.2 Å². The maximum Gasteiger partial charge on any atom is 0.472 e. The molecular weight excluding hydrogens is 1070 g/mol. The van der Waals surface area contributed by atoms with Crippen molar-refractivity contribution in [2.24, 2.45) is 0 Å². The smallest absolute Gasteiger partial charge is 0.388 e. The number of ketones is 1. The highest BCUT2D eigenvalue weighted by molar-refractivity contribution is 7.46. The van der Waals surface area contributed by atoms with Crippen LogP contribution >= 0.6 is 15.6 Å². The lowest BCUT2D eigenvalue weighted by atomic mass is 9.95. The van der Waals surface area contributed by atoms with Crippen LogP contribution in [0.15, 0.2) is 12.2 Å². The zero-order chi connectivity index (χ0) is 58.3. The highest BCUT2D eigenvalue weighted by Crippen LogP contribution is 2.44. The Kier molecular flexibility index (Phi) is 40.7. The van der Waals surface area contributed by atoms with Gasteiger partial charge in [0, 0.05) is 33.9 Å². The van der Waals surface area contributed by atoms with Crippen molar-refractivity contribution < 1.29 is 90.4 Å². The number of phosphoric ester groups is 2. The molecule has 0 aromatic heterocycles. The van der Waals surface area contributed by atoms with E-state index in [1.807, 2.05) is 0 Å². The largest absolute Gasteiger partial charge is 0.472 e. The van der Waals surface area contributed by atoms with Crippen LogP contribution in [-0.4, -0.2) is 150 Å². The van der Waals surface area contributed by atoms with Gasteiger partial charge in [0.2, 0.25) is 11.8 Å². The molecule has 2 aliphatic heterocycles. The maximum absolute atomic E-state index is 14.0. The Hall–Kier alpha value is -1.75. The van der Waals surface area contributed by atoms with Gasteiger partial charge in [-0.2, -0.15) is 0 Å². The highest BCUT2D eigenvalue weighted by atomic mass is 31.2. The first-order valence-electron chi connectivity index (χ1n) is 29.9. The first-order chi connectivity index (χ1) is 37.9. The zero-order valence-electron chi connectivity index (χ0n) is 48.9. The van der Waals surface area contributed by atoms with Crippen LogP contribution in [0.3, 0.4) is 0 Å². The minimum absolute atomic E-state index is 0.00768. The highest BCUT2D eigenvalue weighted by Gasteiger charge is 2.53. The summed E-state index contributed by atoms with van der Waals surface area (Å²) >= 11 is 0. The number of phosphoric acid groups is 2. The number of rotatable bonds is 49. The van der Waals surface area contributed by atoms with Crippen LogP contribution in [0.2, 0.25) is 0 Å². The van der Waals surface area contributed by atoms with Gasteiger partial charge in [0.15, 0.2) is 12.6 Å². The van der Waals surface area contributed by atoms with Crippen LogP contribution in [0.5, 0.6) is 0 Å². The first kappa shape index (κ1) is 73.4. The number of unbranched alkanes of at least 4 members (excludes halogenated alkanes) is 22. The second-order valence-corrected chi connectivity index (χ2v) is 23.8. The molecule has 2 rings (SSSR count). The lowest BCUT2D eigenvalue weighted by molar-refractivity contribution is -0.301. The van der Waals surface area contributed by atoms with E-state index < -0.39 is 108 Å². The molecule has 23 heteroatoms. The van der Waals surface area contributed by atoms with Crippen LogP contribution in [0.25, 0.3) is 0 Å². The summed E-state index contributed by atoms with van der Waals surface area (Å²) < 4.78 is 78.2. The molecule has 464 valence electrons. The number of carbonyl (C=O) groups is 3. The summed E-state index contributed by atoms with van der Waals surface area (Å²) in [5.74, 6) is -1.75. The predicted octanol–water partition coefficient (Wildman–Crippen LogP) is 9.71. The lowest BCUT2D eigenvalue weighted by Gasteiger charge is -2.47. The average Bonchev–Trinajstić information content (AvgIpc) is 3.43. The normalized spacial score (nSPS) is 24.2.